The molecular formula is C18H22N4O3S. The van der Waals surface area contributed by atoms with Crippen LogP contribution in [0.25, 0.3) is 11.3 Å². The van der Waals surface area contributed by atoms with Crippen LogP contribution >= 0.6 is 11.3 Å². The molecule has 3 heterocycles. The van der Waals surface area contributed by atoms with E-state index < -0.39 is 0 Å². The van der Waals surface area contributed by atoms with Gasteiger partial charge in [-0.25, -0.2) is 4.98 Å². The molecule has 0 fully saturated rings. The number of ether oxygens (including phenoxy) is 1. The molecule has 0 radical (unpaired) electrons. The summed E-state index contributed by atoms with van der Waals surface area (Å²) in [6.45, 7) is 8.97. The third-order valence-corrected chi connectivity index (χ3v) is 4.76. The Kier molecular flexibility index (Phi) is 5.41. The van der Waals surface area contributed by atoms with Crippen molar-refractivity contribution in [1.82, 2.24) is 14.7 Å². The van der Waals surface area contributed by atoms with Gasteiger partial charge in [-0.3, -0.25) is 10.1 Å². The van der Waals surface area contributed by atoms with Gasteiger partial charge < -0.3 is 13.8 Å². The van der Waals surface area contributed by atoms with E-state index in [1.165, 1.54) is 22.7 Å². The van der Waals surface area contributed by atoms with E-state index in [2.05, 4.69) is 46.9 Å². The zero-order chi connectivity index (χ0) is 18.7. The van der Waals surface area contributed by atoms with Gasteiger partial charge in [0.1, 0.15) is 5.76 Å². The second-order valence-corrected chi connectivity index (χ2v) is 6.95. The zero-order valence-electron chi connectivity index (χ0n) is 15.3. The molecule has 0 bridgehead atoms. The summed E-state index contributed by atoms with van der Waals surface area (Å²) >= 11 is 1.39. The lowest BCUT2D eigenvalue weighted by atomic mass is 10.2. The summed E-state index contributed by atoms with van der Waals surface area (Å²) in [4.78, 5) is 16.6. The number of nitrogens with zero attached hydrogens (tertiary/aromatic N) is 3. The van der Waals surface area contributed by atoms with Gasteiger partial charge in [-0.1, -0.05) is 6.92 Å². The molecule has 0 saturated carbocycles. The first-order valence-corrected chi connectivity index (χ1v) is 9.34. The minimum Gasteiger partial charge on any atom is -0.465 e. The molecule has 26 heavy (non-hydrogen) atoms. The van der Waals surface area contributed by atoms with Gasteiger partial charge in [0.15, 0.2) is 11.7 Å². The fourth-order valence-corrected chi connectivity index (χ4v) is 3.52. The van der Waals surface area contributed by atoms with E-state index >= 15 is 0 Å². The highest BCUT2D eigenvalue weighted by Gasteiger charge is 2.14. The summed E-state index contributed by atoms with van der Waals surface area (Å²) in [5.74, 6) is 0.634. The van der Waals surface area contributed by atoms with E-state index in [0.717, 1.165) is 24.2 Å². The van der Waals surface area contributed by atoms with Crippen molar-refractivity contribution in [2.45, 2.75) is 40.7 Å². The van der Waals surface area contributed by atoms with E-state index in [9.17, 15) is 4.79 Å². The molecule has 0 aromatic carbocycles. The average Bonchev–Trinajstić information content (AvgIpc) is 3.29. The highest BCUT2D eigenvalue weighted by molar-refractivity contribution is 7.14. The average molecular weight is 374 g/mol. The van der Waals surface area contributed by atoms with E-state index in [1.54, 1.807) is 13.0 Å². The maximum atomic E-state index is 12.0. The van der Waals surface area contributed by atoms with Crippen molar-refractivity contribution in [3.05, 3.63) is 34.7 Å². The summed E-state index contributed by atoms with van der Waals surface area (Å²) in [6, 6.07) is 3.77. The number of rotatable bonds is 7. The minimum absolute atomic E-state index is 0.147. The lowest BCUT2D eigenvalue weighted by Crippen LogP contribution is -2.20. The van der Waals surface area contributed by atoms with Crippen LogP contribution in [0.15, 0.2) is 22.0 Å². The Hall–Kier alpha value is -2.61. The van der Waals surface area contributed by atoms with Crippen molar-refractivity contribution in [3.63, 3.8) is 0 Å². The monoisotopic (exact) mass is 374 g/mol. The van der Waals surface area contributed by atoms with Crippen LogP contribution in [0.4, 0.5) is 5.13 Å². The van der Waals surface area contributed by atoms with Crippen LogP contribution in [0.5, 0.6) is 5.88 Å². The summed E-state index contributed by atoms with van der Waals surface area (Å²) < 4.78 is 12.5. The number of thiazole rings is 1. The molecule has 0 aliphatic carbocycles. The van der Waals surface area contributed by atoms with Gasteiger partial charge in [0.05, 0.1) is 5.69 Å². The van der Waals surface area contributed by atoms with Crippen LogP contribution in [0, 0.1) is 20.8 Å². The maximum absolute atomic E-state index is 12.0. The molecule has 0 saturated heterocycles. The number of amides is 1. The van der Waals surface area contributed by atoms with Gasteiger partial charge in [0.25, 0.3) is 11.8 Å². The van der Waals surface area contributed by atoms with Crippen molar-refractivity contribution in [2.24, 2.45) is 0 Å². The van der Waals surface area contributed by atoms with E-state index in [1.807, 2.05) is 5.38 Å². The Morgan fingerprint density at radius 2 is 2.15 bits per heavy atom. The molecule has 7 nitrogen and oxygen atoms in total. The lowest BCUT2D eigenvalue weighted by Gasteiger charge is -2.07. The predicted molar refractivity (Wildman–Crippen MR) is 101 cm³/mol. The first kappa shape index (κ1) is 18.2. The first-order chi connectivity index (χ1) is 12.5. The molecule has 0 aliphatic heterocycles. The third kappa shape index (κ3) is 3.96. The Morgan fingerprint density at radius 3 is 2.85 bits per heavy atom. The maximum Gasteiger partial charge on any atom is 0.264 e. The Labute approximate surface area is 156 Å². The zero-order valence-corrected chi connectivity index (χ0v) is 16.1. The van der Waals surface area contributed by atoms with Crippen molar-refractivity contribution >= 4 is 22.4 Å². The number of carbonyl (C=O) groups excluding carboxylic acids is 1. The smallest absolute Gasteiger partial charge is 0.264 e. The Bertz CT molecular complexity index is 910. The van der Waals surface area contributed by atoms with Crippen LogP contribution in [-0.2, 0) is 11.3 Å². The standard InChI is InChI=1S/C18H22N4O3S/c1-5-6-22-11(2)7-14(13(22)4)15-10-26-18(19-15)20-16(23)9-24-17-8-12(3)25-21-17/h7-8,10H,5-6,9H2,1-4H3,(H,19,20,23). The van der Waals surface area contributed by atoms with Gasteiger partial charge >= 0.3 is 0 Å². The van der Waals surface area contributed by atoms with Gasteiger partial charge in [0.2, 0.25) is 0 Å². The van der Waals surface area contributed by atoms with Crippen LogP contribution in [0.2, 0.25) is 0 Å². The van der Waals surface area contributed by atoms with Crippen molar-refractivity contribution < 1.29 is 14.1 Å². The largest absolute Gasteiger partial charge is 0.465 e. The summed E-state index contributed by atoms with van der Waals surface area (Å²) in [5, 5.41) is 8.94. The number of carbonyl (C=O) groups is 1. The molecular weight excluding hydrogens is 352 g/mol. The van der Waals surface area contributed by atoms with Crippen LogP contribution in [0.1, 0.15) is 30.5 Å². The van der Waals surface area contributed by atoms with Crippen molar-refractivity contribution in [2.75, 3.05) is 11.9 Å². The minimum atomic E-state index is -0.289. The van der Waals surface area contributed by atoms with E-state index in [0.29, 0.717) is 16.8 Å². The molecule has 3 rings (SSSR count). The highest BCUT2D eigenvalue weighted by atomic mass is 32.1. The molecule has 1 amide bonds. The third-order valence-electron chi connectivity index (χ3n) is 4.00. The Balaban J connectivity index is 1.64. The molecule has 1 N–H and O–H groups in total. The van der Waals surface area contributed by atoms with Gasteiger partial charge in [-0.05, 0) is 38.4 Å². The van der Waals surface area contributed by atoms with Crippen LogP contribution < -0.4 is 10.1 Å². The second-order valence-electron chi connectivity index (χ2n) is 6.09. The summed E-state index contributed by atoms with van der Waals surface area (Å²) in [6.07, 6.45) is 1.08. The van der Waals surface area contributed by atoms with Gasteiger partial charge in [-0.15, -0.1) is 11.3 Å². The quantitative estimate of drug-likeness (QED) is 0.677. The molecule has 0 unspecified atom stereocenters. The van der Waals surface area contributed by atoms with E-state index in [-0.39, 0.29) is 12.5 Å². The summed E-state index contributed by atoms with van der Waals surface area (Å²) in [7, 11) is 0. The molecule has 8 heteroatoms. The van der Waals surface area contributed by atoms with Gasteiger partial charge in [0, 0.05) is 34.9 Å². The highest BCUT2D eigenvalue weighted by Crippen LogP contribution is 2.30. The number of hydrogen-bond acceptors (Lipinski definition) is 6. The SMILES string of the molecule is CCCn1c(C)cc(-c2csc(NC(=O)COc3cc(C)on3)n2)c1C. The Morgan fingerprint density at radius 1 is 1.35 bits per heavy atom. The lowest BCUT2D eigenvalue weighted by molar-refractivity contribution is -0.118. The summed E-state index contributed by atoms with van der Waals surface area (Å²) in [5.41, 5.74) is 4.38. The van der Waals surface area contributed by atoms with Crippen LogP contribution in [-0.4, -0.2) is 27.2 Å². The number of aryl methyl sites for hydroxylation is 2. The van der Waals surface area contributed by atoms with Gasteiger partial charge in [-0.2, -0.15) is 0 Å². The topological polar surface area (TPSA) is 82.2 Å². The van der Waals surface area contributed by atoms with Crippen molar-refractivity contribution in [3.8, 4) is 17.1 Å². The van der Waals surface area contributed by atoms with Crippen molar-refractivity contribution in [1.29, 1.82) is 0 Å². The number of aromatic nitrogens is 3. The van der Waals surface area contributed by atoms with E-state index in [4.69, 9.17) is 9.26 Å². The predicted octanol–water partition coefficient (Wildman–Crippen LogP) is 3.95. The molecule has 0 aliphatic rings. The molecule has 0 spiro atoms. The molecule has 138 valence electrons. The normalized spacial score (nSPS) is 10.9. The van der Waals surface area contributed by atoms with Crippen LogP contribution in [0.3, 0.4) is 0 Å². The number of hydrogen-bond donors (Lipinski definition) is 1. The first-order valence-electron chi connectivity index (χ1n) is 8.46. The fraction of sp³-hybridized carbons (Fsp3) is 0.389. The number of nitrogens with one attached hydrogen (secondary N) is 1. The molecule has 3 aromatic heterocycles. The number of anilines is 1. The fourth-order valence-electron chi connectivity index (χ4n) is 2.79. The second kappa shape index (κ2) is 7.74. The molecule has 0 atom stereocenters. The molecule has 3 aromatic rings.